The molecule has 0 spiro atoms. The Morgan fingerprint density at radius 3 is 2.70 bits per heavy atom. The molecule has 1 fully saturated rings. The van der Waals surface area contributed by atoms with Crippen molar-refractivity contribution < 1.29 is 23.1 Å². The summed E-state index contributed by atoms with van der Waals surface area (Å²) in [5.41, 5.74) is -0.123. The van der Waals surface area contributed by atoms with E-state index in [1.54, 1.807) is 7.11 Å². The van der Waals surface area contributed by atoms with Crippen LogP contribution in [0.25, 0.3) is 0 Å². The summed E-state index contributed by atoms with van der Waals surface area (Å²) in [4.78, 5) is 10.9. The fraction of sp³-hybridized carbons (Fsp3) is 0.417. The summed E-state index contributed by atoms with van der Waals surface area (Å²) in [6, 6.07) is 3.62. The van der Waals surface area contributed by atoms with Gasteiger partial charge in [-0.25, -0.2) is 13.2 Å². The smallest absolute Gasteiger partial charge is 0.337 e. The molecule has 1 aromatic carbocycles. The number of hydrogen-bond donors (Lipinski definition) is 1. The molecule has 8 heteroatoms. The lowest BCUT2D eigenvalue weighted by Gasteiger charge is -2.16. The van der Waals surface area contributed by atoms with Crippen LogP contribution in [0.3, 0.4) is 0 Å². The third-order valence-corrected chi connectivity index (χ3v) is 5.42. The predicted octanol–water partition coefficient (Wildman–Crippen LogP) is 1.45. The molecule has 1 atom stereocenters. The van der Waals surface area contributed by atoms with E-state index in [1.807, 2.05) is 0 Å². The lowest BCUT2D eigenvalue weighted by atomic mass is 10.2. The highest BCUT2D eigenvalue weighted by Crippen LogP contribution is 2.26. The number of carbonyl (C=O) groups is 1. The average molecular weight is 320 g/mol. The zero-order valence-corrected chi connectivity index (χ0v) is 12.3. The van der Waals surface area contributed by atoms with Crippen molar-refractivity contribution in [3.8, 4) is 0 Å². The van der Waals surface area contributed by atoms with Crippen LogP contribution in [-0.2, 0) is 14.8 Å². The Kier molecular flexibility index (Phi) is 4.33. The van der Waals surface area contributed by atoms with Gasteiger partial charge in [0.15, 0.2) is 0 Å². The number of carboxylic acid groups (broad SMARTS) is 1. The highest BCUT2D eigenvalue weighted by Gasteiger charge is 2.32. The summed E-state index contributed by atoms with van der Waals surface area (Å²) < 4.78 is 31.2. The van der Waals surface area contributed by atoms with Gasteiger partial charge < -0.3 is 9.84 Å². The van der Waals surface area contributed by atoms with Gasteiger partial charge in [-0.15, -0.1) is 0 Å². The minimum absolute atomic E-state index is 0.00995. The number of hydrogen-bond acceptors (Lipinski definition) is 4. The van der Waals surface area contributed by atoms with Crippen LogP contribution in [0.1, 0.15) is 16.8 Å². The van der Waals surface area contributed by atoms with E-state index in [2.05, 4.69) is 0 Å². The molecule has 1 saturated heterocycles. The fourth-order valence-corrected chi connectivity index (χ4v) is 3.93. The number of halogens is 1. The maximum absolute atomic E-state index is 12.4. The maximum Gasteiger partial charge on any atom is 0.337 e. The van der Waals surface area contributed by atoms with E-state index < -0.39 is 16.0 Å². The summed E-state index contributed by atoms with van der Waals surface area (Å²) in [6.07, 6.45) is 0.523. The third kappa shape index (κ3) is 2.80. The first-order valence-electron chi connectivity index (χ1n) is 5.92. The van der Waals surface area contributed by atoms with Gasteiger partial charge in [-0.3, -0.25) is 0 Å². The van der Waals surface area contributed by atoms with E-state index in [1.165, 1.54) is 22.5 Å². The molecule has 0 bridgehead atoms. The predicted molar refractivity (Wildman–Crippen MR) is 72.6 cm³/mol. The number of sulfonamides is 1. The number of methoxy groups -OCH3 is 1. The molecule has 0 saturated carbocycles. The Labute approximate surface area is 122 Å². The lowest BCUT2D eigenvalue weighted by molar-refractivity contribution is 0.0697. The van der Waals surface area contributed by atoms with Crippen molar-refractivity contribution in [1.82, 2.24) is 4.31 Å². The van der Waals surface area contributed by atoms with E-state index in [0.717, 1.165) is 0 Å². The Balaban J connectivity index is 2.31. The van der Waals surface area contributed by atoms with Crippen molar-refractivity contribution in [1.29, 1.82) is 0 Å². The molecule has 1 unspecified atom stereocenters. The summed E-state index contributed by atoms with van der Waals surface area (Å²) in [7, 11) is -2.13. The second-order valence-electron chi connectivity index (χ2n) is 4.46. The van der Waals surface area contributed by atoms with Crippen LogP contribution in [0.5, 0.6) is 0 Å². The van der Waals surface area contributed by atoms with E-state index in [9.17, 15) is 13.2 Å². The summed E-state index contributed by atoms with van der Waals surface area (Å²) >= 11 is 5.80. The number of ether oxygens (including phenoxy) is 1. The van der Waals surface area contributed by atoms with Crippen molar-refractivity contribution in [2.45, 2.75) is 17.4 Å². The molecule has 1 N–H and O–H groups in total. The first kappa shape index (κ1) is 15.2. The Morgan fingerprint density at radius 1 is 1.50 bits per heavy atom. The number of rotatable bonds is 4. The van der Waals surface area contributed by atoms with Crippen molar-refractivity contribution in [3.63, 3.8) is 0 Å². The number of carboxylic acids is 1. The molecule has 20 heavy (non-hydrogen) atoms. The normalized spacial score (nSPS) is 20.2. The molecular formula is C12H14ClNO5S. The van der Waals surface area contributed by atoms with Crippen LogP contribution in [0, 0.1) is 0 Å². The standard InChI is InChI=1S/C12H14ClNO5S/c1-19-8-4-5-14(7-8)20(17,18)9-2-3-10(12(15)16)11(13)6-9/h2-3,6,8H,4-5,7H2,1H3,(H,15,16). The van der Waals surface area contributed by atoms with Crippen LogP contribution in [0.2, 0.25) is 5.02 Å². The van der Waals surface area contributed by atoms with E-state index in [0.29, 0.717) is 13.0 Å². The minimum atomic E-state index is -3.67. The molecule has 110 valence electrons. The number of aromatic carboxylic acids is 1. The highest BCUT2D eigenvalue weighted by molar-refractivity contribution is 7.89. The molecule has 0 aliphatic carbocycles. The molecule has 6 nitrogen and oxygen atoms in total. The van der Waals surface area contributed by atoms with Gasteiger partial charge in [-0.1, -0.05) is 11.6 Å². The van der Waals surface area contributed by atoms with Crippen LogP contribution in [0.15, 0.2) is 23.1 Å². The van der Waals surface area contributed by atoms with E-state index in [-0.39, 0.29) is 28.1 Å². The Bertz CT molecular complexity index is 631. The first-order valence-corrected chi connectivity index (χ1v) is 7.74. The quantitative estimate of drug-likeness (QED) is 0.908. The summed E-state index contributed by atoms with van der Waals surface area (Å²) in [6.45, 7) is 0.663. The van der Waals surface area contributed by atoms with Gasteiger partial charge in [0.2, 0.25) is 10.0 Å². The summed E-state index contributed by atoms with van der Waals surface area (Å²) in [5.74, 6) is -1.19. The van der Waals surface area contributed by atoms with Crippen LogP contribution < -0.4 is 0 Å². The molecule has 0 aromatic heterocycles. The molecule has 1 aliphatic rings. The number of nitrogens with zero attached hydrogens (tertiary/aromatic N) is 1. The maximum atomic E-state index is 12.4. The van der Waals surface area contributed by atoms with Crippen molar-refractivity contribution >= 4 is 27.6 Å². The van der Waals surface area contributed by atoms with Gasteiger partial charge >= 0.3 is 5.97 Å². The monoisotopic (exact) mass is 319 g/mol. The minimum Gasteiger partial charge on any atom is -0.478 e. The van der Waals surface area contributed by atoms with Crippen molar-refractivity contribution in [2.24, 2.45) is 0 Å². The third-order valence-electron chi connectivity index (χ3n) is 3.25. The largest absolute Gasteiger partial charge is 0.478 e. The zero-order chi connectivity index (χ0) is 14.9. The Morgan fingerprint density at radius 2 is 2.20 bits per heavy atom. The molecule has 1 aromatic rings. The Hall–Kier alpha value is -1.15. The molecule has 1 aliphatic heterocycles. The SMILES string of the molecule is COC1CCN(S(=O)(=O)c2ccc(C(=O)O)c(Cl)c2)C1. The van der Waals surface area contributed by atoms with Gasteiger partial charge in [0.05, 0.1) is 21.6 Å². The van der Waals surface area contributed by atoms with Gasteiger partial charge in [0, 0.05) is 20.2 Å². The molecule has 2 rings (SSSR count). The van der Waals surface area contributed by atoms with Gasteiger partial charge in [-0.05, 0) is 24.6 Å². The van der Waals surface area contributed by atoms with Crippen LogP contribution in [0.4, 0.5) is 0 Å². The summed E-state index contributed by atoms with van der Waals surface area (Å²) in [5, 5.41) is 8.78. The van der Waals surface area contributed by atoms with Gasteiger partial charge in [-0.2, -0.15) is 4.31 Å². The van der Waals surface area contributed by atoms with E-state index >= 15 is 0 Å². The topological polar surface area (TPSA) is 83.9 Å². The second kappa shape index (κ2) is 5.69. The molecule has 0 radical (unpaired) electrons. The molecule has 0 amide bonds. The van der Waals surface area contributed by atoms with Gasteiger partial charge in [0.1, 0.15) is 0 Å². The lowest BCUT2D eigenvalue weighted by Crippen LogP contribution is -2.30. The van der Waals surface area contributed by atoms with Crippen LogP contribution in [-0.4, -0.2) is 50.1 Å². The fourth-order valence-electron chi connectivity index (χ4n) is 2.09. The van der Waals surface area contributed by atoms with E-state index in [4.69, 9.17) is 21.4 Å². The highest BCUT2D eigenvalue weighted by atomic mass is 35.5. The average Bonchev–Trinajstić information content (AvgIpc) is 2.87. The van der Waals surface area contributed by atoms with Crippen LogP contribution >= 0.6 is 11.6 Å². The molecular weight excluding hydrogens is 306 g/mol. The second-order valence-corrected chi connectivity index (χ2v) is 6.80. The first-order chi connectivity index (χ1) is 9.36. The number of benzene rings is 1. The van der Waals surface area contributed by atoms with Gasteiger partial charge in [0.25, 0.3) is 0 Å². The van der Waals surface area contributed by atoms with Crippen molar-refractivity contribution in [2.75, 3.05) is 20.2 Å². The van der Waals surface area contributed by atoms with Crippen molar-refractivity contribution in [3.05, 3.63) is 28.8 Å². The zero-order valence-electron chi connectivity index (χ0n) is 10.7. The molecule has 1 heterocycles.